The molecule has 0 bridgehead atoms. The molecule has 0 aromatic carbocycles. The van der Waals surface area contributed by atoms with Crippen molar-refractivity contribution in [3.05, 3.63) is 0 Å². The third-order valence-electron chi connectivity index (χ3n) is 4.65. The molecule has 2 fully saturated rings. The molecule has 19 heavy (non-hydrogen) atoms. The molecule has 1 unspecified atom stereocenters. The number of piperidine rings is 1. The second-order valence-corrected chi connectivity index (χ2v) is 8.10. The van der Waals surface area contributed by atoms with Crippen LogP contribution < -0.4 is 4.72 Å². The summed E-state index contributed by atoms with van der Waals surface area (Å²) in [5, 5.41) is 0. The minimum absolute atomic E-state index is 0.341. The van der Waals surface area contributed by atoms with Gasteiger partial charge in [-0.15, -0.1) is 0 Å². The van der Waals surface area contributed by atoms with Crippen molar-refractivity contribution in [1.82, 2.24) is 9.62 Å². The summed E-state index contributed by atoms with van der Waals surface area (Å²) >= 11 is 0. The summed E-state index contributed by atoms with van der Waals surface area (Å²) in [6.45, 7) is 1.75. The van der Waals surface area contributed by atoms with Crippen LogP contribution in [0.1, 0.15) is 51.4 Å². The van der Waals surface area contributed by atoms with E-state index in [-0.39, 0.29) is 0 Å². The molecular formula is C14H28N2O2S. The van der Waals surface area contributed by atoms with Crippen molar-refractivity contribution in [1.29, 1.82) is 0 Å². The minimum atomic E-state index is -3.05. The fraction of sp³-hybridized carbons (Fsp3) is 1.00. The number of nitrogens with zero attached hydrogens (tertiary/aromatic N) is 1. The van der Waals surface area contributed by atoms with Crippen LogP contribution in [0.4, 0.5) is 0 Å². The highest BCUT2D eigenvalue weighted by Gasteiger charge is 2.23. The summed E-state index contributed by atoms with van der Waals surface area (Å²) in [7, 11) is -0.902. The van der Waals surface area contributed by atoms with Gasteiger partial charge in [0.2, 0.25) is 10.0 Å². The van der Waals surface area contributed by atoms with Crippen molar-refractivity contribution in [2.75, 3.05) is 25.9 Å². The van der Waals surface area contributed by atoms with Crippen molar-refractivity contribution >= 4 is 10.0 Å². The van der Waals surface area contributed by atoms with Gasteiger partial charge in [-0.2, -0.15) is 0 Å². The topological polar surface area (TPSA) is 49.4 Å². The second-order valence-electron chi connectivity index (χ2n) is 6.25. The lowest BCUT2D eigenvalue weighted by atomic mass is 10.0. The van der Waals surface area contributed by atoms with Gasteiger partial charge in [-0.3, -0.25) is 0 Å². The molecule has 2 rings (SSSR count). The first kappa shape index (κ1) is 15.3. The summed E-state index contributed by atoms with van der Waals surface area (Å²) in [6, 6.07) is 0.558. The smallest absolute Gasteiger partial charge is 0.211 e. The highest BCUT2D eigenvalue weighted by molar-refractivity contribution is 7.89. The van der Waals surface area contributed by atoms with Gasteiger partial charge >= 0.3 is 0 Å². The molecule has 4 nitrogen and oxygen atoms in total. The summed E-state index contributed by atoms with van der Waals surface area (Å²) in [6.07, 6.45) is 9.30. The number of nitrogens with one attached hydrogen (secondary N) is 1. The van der Waals surface area contributed by atoms with Crippen LogP contribution in [-0.4, -0.2) is 45.2 Å². The van der Waals surface area contributed by atoms with Crippen LogP contribution in [0, 0.1) is 5.92 Å². The van der Waals surface area contributed by atoms with E-state index in [4.69, 9.17) is 0 Å². The van der Waals surface area contributed by atoms with E-state index in [0.717, 1.165) is 25.8 Å². The molecule has 0 aromatic heterocycles. The first-order valence-electron chi connectivity index (χ1n) is 7.74. The van der Waals surface area contributed by atoms with Crippen molar-refractivity contribution in [2.45, 2.75) is 57.4 Å². The monoisotopic (exact) mass is 288 g/mol. The Morgan fingerprint density at radius 3 is 2.47 bits per heavy atom. The number of likely N-dealkylation sites (tertiary alicyclic amines) is 1. The lowest BCUT2D eigenvalue weighted by Crippen LogP contribution is -2.39. The number of sulfonamides is 1. The molecule has 5 heteroatoms. The van der Waals surface area contributed by atoms with Gasteiger partial charge in [0.05, 0.1) is 5.75 Å². The van der Waals surface area contributed by atoms with Crippen LogP contribution in [0.15, 0.2) is 0 Å². The Balaban J connectivity index is 1.68. The average Bonchev–Trinajstić information content (AvgIpc) is 2.83. The zero-order chi connectivity index (χ0) is 13.7. The van der Waals surface area contributed by atoms with E-state index < -0.39 is 10.0 Å². The largest absolute Gasteiger partial charge is 0.303 e. The third kappa shape index (κ3) is 5.04. The van der Waals surface area contributed by atoms with Crippen LogP contribution in [0.25, 0.3) is 0 Å². The Labute approximate surface area is 118 Å². The van der Waals surface area contributed by atoms with E-state index in [1.165, 1.54) is 32.1 Å². The summed E-state index contributed by atoms with van der Waals surface area (Å²) in [5.41, 5.74) is 0. The highest BCUT2D eigenvalue weighted by atomic mass is 32.2. The average molecular weight is 288 g/mol. The van der Waals surface area contributed by atoms with Crippen LogP contribution in [0.3, 0.4) is 0 Å². The molecule has 2 aliphatic rings. The molecule has 1 aliphatic heterocycles. The van der Waals surface area contributed by atoms with Crippen molar-refractivity contribution < 1.29 is 8.42 Å². The molecule has 1 N–H and O–H groups in total. The van der Waals surface area contributed by atoms with Gasteiger partial charge < -0.3 is 4.90 Å². The van der Waals surface area contributed by atoms with Crippen LogP contribution >= 0.6 is 0 Å². The number of hydrogen-bond donors (Lipinski definition) is 1. The summed E-state index contributed by atoms with van der Waals surface area (Å²) in [4.78, 5) is 2.37. The van der Waals surface area contributed by atoms with E-state index in [1.54, 1.807) is 0 Å². The van der Waals surface area contributed by atoms with Gasteiger partial charge in [0, 0.05) is 12.6 Å². The first-order chi connectivity index (χ1) is 9.07. The zero-order valence-corrected chi connectivity index (χ0v) is 12.9. The Kier molecular flexibility index (Phi) is 5.66. The normalized spacial score (nSPS) is 26.9. The Bertz CT molecular complexity index is 364. The Morgan fingerprint density at radius 2 is 1.79 bits per heavy atom. The van der Waals surface area contributed by atoms with Gasteiger partial charge in [-0.25, -0.2) is 13.1 Å². The Hall–Kier alpha value is -0.130. The molecule has 1 saturated heterocycles. The second kappa shape index (κ2) is 7.04. The summed E-state index contributed by atoms with van der Waals surface area (Å²) < 4.78 is 26.8. The lowest BCUT2D eigenvalue weighted by molar-refractivity contribution is 0.177. The maximum absolute atomic E-state index is 12.0. The molecule has 0 amide bonds. The minimum Gasteiger partial charge on any atom is -0.303 e. The quantitative estimate of drug-likeness (QED) is 0.813. The van der Waals surface area contributed by atoms with Crippen molar-refractivity contribution in [3.8, 4) is 0 Å². The molecule has 1 saturated carbocycles. The van der Waals surface area contributed by atoms with Gasteiger partial charge in [0.1, 0.15) is 0 Å². The van der Waals surface area contributed by atoms with Crippen molar-refractivity contribution in [3.63, 3.8) is 0 Å². The molecule has 0 spiro atoms. The fourth-order valence-corrected chi connectivity index (χ4v) is 4.94. The van der Waals surface area contributed by atoms with Gasteiger partial charge in [0.25, 0.3) is 0 Å². The first-order valence-corrected chi connectivity index (χ1v) is 9.39. The van der Waals surface area contributed by atoms with E-state index >= 15 is 0 Å². The van der Waals surface area contributed by atoms with E-state index in [0.29, 0.717) is 24.3 Å². The molecule has 1 aliphatic carbocycles. The summed E-state index contributed by atoms with van der Waals surface area (Å²) in [5.74, 6) is 0.739. The van der Waals surface area contributed by atoms with Gasteiger partial charge in [0.15, 0.2) is 0 Å². The SMILES string of the molecule is CN1CCCCC1CCNS(=O)(=O)CC1CCCC1. The predicted octanol–water partition coefficient (Wildman–Crippen LogP) is 1.97. The third-order valence-corrected chi connectivity index (χ3v) is 6.21. The molecule has 1 atom stereocenters. The van der Waals surface area contributed by atoms with Gasteiger partial charge in [-0.05, 0) is 51.6 Å². The predicted molar refractivity (Wildman–Crippen MR) is 78.6 cm³/mol. The van der Waals surface area contributed by atoms with Crippen LogP contribution in [0.2, 0.25) is 0 Å². The maximum atomic E-state index is 12.0. The van der Waals surface area contributed by atoms with Crippen molar-refractivity contribution in [2.24, 2.45) is 5.92 Å². The van der Waals surface area contributed by atoms with E-state index in [1.807, 2.05) is 0 Å². The lowest BCUT2D eigenvalue weighted by Gasteiger charge is -2.32. The number of rotatable bonds is 6. The van der Waals surface area contributed by atoms with Crippen LogP contribution in [-0.2, 0) is 10.0 Å². The maximum Gasteiger partial charge on any atom is 0.211 e. The fourth-order valence-electron chi connectivity index (χ4n) is 3.44. The van der Waals surface area contributed by atoms with Gasteiger partial charge in [-0.1, -0.05) is 19.3 Å². The van der Waals surface area contributed by atoms with E-state index in [9.17, 15) is 8.42 Å². The number of hydrogen-bond acceptors (Lipinski definition) is 3. The standard InChI is InChI=1S/C14H28N2O2S/c1-16-11-5-4-8-14(16)9-10-15-19(17,18)12-13-6-2-3-7-13/h13-15H,2-12H2,1H3. The molecular weight excluding hydrogens is 260 g/mol. The van der Waals surface area contributed by atoms with E-state index in [2.05, 4.69) is 16.7 Å². The highest BCUT2D eigenvalue weighted by Crippen LogP contribution is 2.25. The molecule has 0 aromatic rings. The molecule has 1 heterocycles. The van der Waals surface area contributed by atoms with Crippen LogP contribution in [0.5, 0.6) is 0 Å². The Morgan fingerprint density at radius 1 is 1.11 bits per heavy atom. The zero-order valence-electron chi connectivity index (χ0n) is 12.1. The molecule has 0 radical (unpaired) electrons. The molecule has 112 valence electrons.